The van der Waals surface area contributed by atoms with E-state index in [-0.39, 0.29) is 0 Å². The van der Waals surface area contributed by atoms with Crippen molar-refractivity contribution in [3.8, 4) is 0 Å². The molecule has 2 nitrogen and oxygen atoms in total. The van der Waals surface area contributed by atoms with E-state index in [1.54, 1.807) is 0 Å². The lowest BCUT2D eigenvalue weighted by Crippen LogP contribution is -2.40. The van der Waals surface area contributed by atoms with Gasteiger partial charge in [0.05, 0.1) is 0 Å². The number of rotatable bonds is 2. The summed E-state index contributed by atoms with van der Waals surface area (Å²) in [5.74, 6) is 1.44. The molecule has 0 saturated heterocycles. The van der Waals surface area contributed by atoms with Gasteiger partial charge in [0.25, 0.3) is 0 Å². The average Bonchev–Trinajstić information content (AvgIpc) is 2.95. The van der Waals surface area contributed by atoms with Crippen molar-refractivity contribution in [3.05, 3.63) is 41.5 Å². The molecular weight excluding hydrogens is 252 g/mol. The van der Waals surface area contributed by atoms with Crippen molar-refractivity contribution >= 4 is 23.0 Å². The second-order valence-corrected chi connectivity index (χ2v) is 6.21. The molecule has 0 unspecified atom stereocenters. The third-order valence-electron chi connectivity index (χ3n) is 4.23. The Balaban J connectivity index is 1.61. The van der Waals surface area contributed by atoms with Crippen LogP contribution in [0.1, 0.15) is 24.0 Å². The van der Waals surface area contributed by atoms with Gasteiger partial charge in [0.2, 0.25) is 0 Å². The van der Waals surface area contributed by atoms with Crippen LogP contribution in [0.3, 0.4) is 0 Å². The van der Waals surface area contributed by atoms with Crippen molar-refractivity contribution in [2.24, 2.45) is 11.8 Å². The van der Waals surface area contributed by atoms with Crippen molar-refractivity contribution in [2.75, 3.05) is 5.32 Å². The maximum atomic E-state index is 5.43. The summed E-state index contributed by atoms with van der Waals surface area (Å²) in [6.45, 7) is 4.22. The molecule has 1 aromatic rings. The van der Waals surface area contributed by atoms with Crippen LogP contribution in [0.2, 0.25) is 0 Å². The van der Waals surface area contributed by atoms with Crippen molar-refractivity contribution in [1.29, 1.82) is 0 Å². The van der Waals surface area contributed by atoms with Gasteiger partial charge in [0.15, 0.2) is 5.11 Å². The van der Waals surface area contributed by atoms with Crippen LogP contribution in [-0.4, -0.2) is 11.2 Å². The van der Waals surface area contributed by atoms with Crippen molar-refractivity contribution in [3.63, 3.8) is 0 Å². The van der Waals surface area contributed by atoms with Crippen LogP contribution in [-0.2, 0) is 0 Å². The number of aryl methyl sites for hydroxylation is 2. The highest BCUT2D eigenvalue weighted by molar-refractivity contribution is 7.80. The van der Waals surface area contributed by atoms with Crippen LogP contribution < -0.4 is 10.6 Å². The van der Waals surface area contributed by atoms with Gasteiger partial charge in [-0.3, -0.25) is 0 Å². The Hall–Kier alpha value is -1.35. The van der Waals surface area contributed by atoms with E-state index in [0.29, 0.717) is 12.0 Å². The summed E-state index contributed by atoms with van der Waals surface area (Å²) in [5, 5.41) is 7.54. The lowest BCUT2D eigenvalue weighted by molar-refractivity contribution is 0.526. The predicted octanol–water partition coefficient (Wildman–Crippen LogP) is 3.55. The van der Waals surface area contributed by atoms with Gasteiger partial charge in [-0.25, -0.2) is 0 Å². The van der Waals surface area contributed by atoms with Crippen LogP contribution in [0, 0.1) is 25.7 Å². The summed E-state index contributed by atoms with van der Waals surface area (Å²) in [6, 6.07) is 6.89. The van der Waals surface area contributed by atoms with Gasteiger partial charge in [-0.05, 0) is 62.4 Å². The zero-order valence-electron chi connectivity index (χ0n) is 11.4. The Morgan fingerprint density at radius 3 is 2.68 bits per heavy atom. The third-order valence-corrected chi connectivity index (χ3v) is 4.45. The molecule has 0 heterocycles. The van der Waals surface area contributed by atoms with E-state index < -0.39 is 0 Å². The normalized spacial score (nSPS) is 27.6. The van der Waals surface area contributed by atoms with Gasteiger partial charge in [-0.15, -0.1) is 0 Å². The molecule has 3 heteroatoms. The minimum atomic E-state index is 0.515. The zero-order valence-corrected chi connectivity index (χ0v) is 12.3. The highest BCUT2D eigenvalue weighted by atomic mass is 32.1. The number of fused-ring (bicyclic) bond motifs is 2. The van der Waals surface area contributed by atoms with Crippen LogP contribution in [0.5, 0.6) is 0 Å². The number of nitrogens with one attached hydrogen (secondary N) is 2. The van der Waals surface area contributed by atoms with E-state index in [0.717, 1.165) is 16.7 Å². The Kier molecular flexibility index (Phi) is 3.31. The number of hydrogen-bond donors (Lipinski definition) is 2. The molecule has 3 atom stereocenters. The van der Waals surface area contributed by atoms with E-state index in [1.165, 1.54) is 24.0 Å². The Bertz CT molecular complexity index is 536. The van der Waals surface area contributed by atoms with E-state index in [9.17, 15) is 0 Å². The maximum absolute atomic E-state index is 5.43. The second kappa shape index (κ2) is 4.97. The average molecular weight is 272 g/mol. The van der Waals surface area contributed by atoms with Gasteiger partial charge in [0.1, 0.15) is 0 Å². The zero-order chi connectivity index (χ0) is 13.4. The fourth-order valence-electron chi connectivity index (χ4n) is 3.23. The third kappa shape index (κ3) is 2.66. The Morgan fingerprint density at radius 2 is 2.05 bits per heavy atom. The first-order valence-electron chi connectivity index (χ1n) is 6.95. The molecule has 1 saturated carbocycles. The van der Waals surface area contributed by atoms with Gasteiger partial charge in [-0.1, -0.05) is 29.8 Å². The molecule has 2 N–H and O–H groups in total. The highest BCUT2D eigenvalue weighted by Gasteiger charge is 2.35. The largest absolute Gasteiger partial charge is 0.359 e. The summed E-state index contributed by atoms with van der Waals surface area (Å²) >= 11 is 5.43. The molecule has 2 aliphatic carbocycles. The molecule has 1 aromatic carbocycles. The standard InChI is InChI=1S/C16H20N2S/c1-10-3-6-14(11(2)7-10)17-16(19)18-15-9-12-4-5-13(15)8-12/h3-7,12-13,15H,8-9H2,1-2H3,(H2,17,18,19)/t12-,13+,15-/m0/s1. The lowest BCUT2D eigenvalue weighted by Gasteiger charge is -2.22. The van der Waals surface area contributed by atoms with Gasteiger partial charge in [-0.2, -0.15) is 0 Å². The fourth-order valence-corrected chi connectivity index (χ4v) is 3.49. The number of thiocarbonyl (C=S) groups is 1. The summed E-state index contributed by atoms with van der Waals surface area (Å²) in [5.41, 5.74) is 3.61. The highest BCUT2D eigenvalue weighted by Crippen LogP contribution is 2.38. The number of allylic oxidation sites excluding steroid dienone is 1. The van der Waals surface area contributed by atoms with Crippen LogP contribution in [0.4, 0.5) is 5.69 Å². The van der Waals surface area contributed by atoms with Gasteiger partial charge >= 0.3 is 0 Å². The molecular formula is C16H20N2S. The topological polar surface area (TPSA) is 24.1 Å². The van der Waals surface area contributed by atoms with E-state index in [4.69, 9.17) is 12.2 Å². The van der Waals surface area contributed by atoms with Crippen LogP contribution in [0.25, 0.3) is 0 Å². The first-order valence-corrected chi connectivity index (χ1v) is 7.36. The van der Waals surface area contributed by atoms with Crippen LogP contribution in [0.15, 0.2) is 30.4 Å². The quantitative estimate of drug-likeness (QED) is 0.636. The summed E-state index contributed by atoms with van der Waals surface area (Å²) in [6.07, 6.45) is 7.20. The molecule has 100 valence electrons. The molecule has 19 heavy (non-hydrogen) atoms. The van der Waals surface area contributed by atoms with Crippen LogP contribution >= 0.6 is 12.2 Å². The van der Waals surface area contributed by atoms with Gasteiger partial charge < -0.3 is 10.6 Å². The molecule has 0 spiro atoms. The minimum Gasteiger partial charge on any atom is -0.359 e. The van der Waals surface area contributed by atoms with Crippen molar-refractivity contribution in [2.45, 2.75) is 32.7 Å². The monoisotopic (exact) mass is 272 g/mol. The molecule has 0 amide bonds. The molecule has 0 radical (unpaired) electrons. The molecule has 2 bridgehead atoms. The molecule has 3 rings (SSSR count). The number of hydrogen-bond acceptors (Lipinski definition) is 1. The fraction of sp³-hybridized carbons (Fsp3) is 0.438. The Morgan fingerprint density at radius 1 is 1.21 bits per heavy atom. The molecule has 0 aromatic heterocycles. The van der Waals surface area contributed by atoms with E-state index in [2.05, 4.69) is 54.8 Å². The molecule has 2 aliphatic rings. The second-order valence-electron chi connectivity index (χ2n) is 5.80. The van der Waals surface area contributed by atoms with E-state index >= 15 is 0 Å². The lowest BCUT2D eigenvalue weighted by atomic mass is 10.0. The SMILES string of the molecule is Cc1ccc(NC(=S)N[C@H]2C[C@H]3C=C[C@@H]2C3)c(C)c1. The first kappa shape index (κ1) is 12.7. The predicted molar refractivity (Wildman–Crippen MR) is 84.4 cm³/mol. The Labute approximate surface area is 120 Å². The maximum Gasteiger partial charge on any atom is 0.171 e. The van der Waals surface area contributed by atoms with E-state index in [1.807, 2.05) is 0 Å². The smallest absolute Gasteiger partial charge is 0.171 e. The number of benzene rings is 1. The summed E-state index contributed by atoms with van der Waals surface area (Å²) < 4.78 is 0. The molecule has 0 aliphatic heterocycles. The van der Waals surface area contributed by atoms with Crippen molar-refractivity contribution < 1.29 is 0 Å². The summed E-state index contributed by atoms with van der Waals surface area (Å²) in [7, 11) is 0. The van der Waals surface area contributed by atoms with Gasteiger partial charge in [0, 0.05) is 11.7 Å². The minimum absolute atomic E-state index is 0.515. The number of anilines is 1. The summed E-state index contributed by atoms with van der Waals surface area (Å²) in [4.78, 5) is 0. The molecule has 1 fully saturated rings. The van der Waals surface area contributed by atoms with Crippen molar-refractivity contribution in [1.82, 2.24) is 5.32 Å². The first-order chi connectivity index (χ1) is 9.11.